The van der Waals surface area contributed by atoms with Crippen molar-refractivity contribution in [2.24, 2.45) is 5.73 Å². The Hall–Kier alpha value is -2.38. The van der Waals surface area contributed by atoms with Gasteiger partial charge in [-0.3, -0.25) is 14.9 Å². The average Bonchev–Trinajstić information content (AvgIpc) is 2.77. The van der Waals surface area contributed by atoms with E-state index in [9.17, 15) is 14.9 Å². The minimum Gasteiger partial charge on any atom is -0.384 e. The highest BCUT2D eigenvalue weighted by molar-refractivity contribution is 5.85. The van der Waals surface area contributed by atoms with Gasteiger partial charge in [0.25, 0.3) is 0 Å². The molecule has 0 radical (unpaired) electrons. The molecule has 0 spiro atoms. The van der Waals surface area contributed by atoms with Crippen LogP contribution in [0.15, 0.2) is 12.1 Å². The Bertz CT molecular complexity index is 504. The maximum Gasteiger partial charge on any atom is 0.311 e. The van der Waals surface area contributed by atoms with Crippen molar-refractivity contribution in [3.05, 3.63) is 22.2 Å². The fraction of sp³-hybridized carbons (Fsp3) is 0.400. The molecule has 0 bridgehead atoms. The van der Waals surface area contributed by atoms with Crippen molar-refractivity contribution < 1.29 is 9.72 Å². The first kappa shape index (κ1) is 12.1. The second-order valence-corrected chi connectivity index (χ2v) is 4.09. The van der Waals surface area contributed by atoms with Crippen molar-refractivity contribution in [2.75, 3.05) is 17.2 Å². The van der Waals surface area contributed by atoms with Gasteiger partial charge in [-0.25, -0.2) is 4.98 Å². The lowest BCUT2D eigenvalue weighted by Crippen LogP contribution is -2.41. The van der Waals surface area contributed by atoms with E-state index >= 15 is 0 Å². The number of primary amides is 1. The monoisotopic (exact) mass is 251 g/mol. The van der Waals surface area contributed by atoms with Crippen LogP contribution in [0.1, 0.15) is 12.8 Å². The zero-order chi connectivity index (χ0) is 13.3. The van der Waals surface area contributed by atoms with E-state index in [4.69, 9.17) is 11.5 Å². The second-order valence-electron chi connectivity index (χ2n) is 4.09. The predicted molar refractivity (Wildman–Crippen MR) is 64.9 cm³/mol. The van der Waals surface area contributed by atoms with Crippen LogP contribution in [-0.4, -0.2) is 28.4 Å². The Morgan fingerprint density at radius 3 is 2.89 bits per heavy atom. The van der Waals surface area contributed by atoms with Gasteiger partial charge < -0.3 is 16.4 Å². The Labute approximate surface area is 103 Å². The highest BCUT2D eigenvalue weighted by Gasteiger charge is 2.34. The number of pyridine rings is 1. The summed E-state index contributed by atoms with van der Waals surface area (Å²) in [5.41, 5.74) is 10.7. The summed E-state index contributed by atoms with van der Waals surface area (Å²) in [5, 5.41) is 10.9. The second kappa shape index (κ2) is 4.47. The van der Waals surface area contributed by atoms with Crippen molar-refractivity contribution >= 4 is 23.2 Å². The number of hydrogen-bond acceptors (Lipinski definition) is 6. The first-order valence-electron chi connectivity index (χ1n) is 5.47. The van der Waals surface area contributed by atoms with Gasteiger partial charge in [0, 0.05) is 12.6 Å². The molecule has 0 aromatic carbocycles. The number of carbonyl (C=O) groups is 1. The van der Waals surface area contributed by atoms with Crippen LogP contribution in [0, 0.1) is 10.1 Å². The maximum atomic E-state index is 11.3. The smallest absolute Gasteiger partial charge is 0.311 e. The average molecular weight is 251 g/mol. The van der Waals surface area contributed by atoms with E-state index in [0.29, 0.717) is 13.0 Å². The normalized spacial score (nSPS) is 18.9. The van der Waals surface area contributed by atoms with E-state index < -0.39 is 16.9 Å². The number of nitro groups is 1. The lowest BCUT2D eigenvalue weighted by atomic mass is 10.2. The van der Waals surface area contributed by atoms with Crippen LogP contribution in [0.25, 0.3) is 0 Å². The van der Waals surface area contributed by atoms with Gasteiger partial charge in [0.2, 0.25) is 11.7 Å². The quantitative estimate of drug-likeness (QED) is 0.575. The number of hydrogen-bond donors (Lipinski definition) is 2. The van der Waals surface area contributed by atoms with Gasteiger partial charge >= 0.3 is 5.69 Å². The van der Waals surface area contributed by atoms with Crippen molar-refractivity contribution in [3.63, 3.8) is 0 Å². The van der Waals surface area contributed by atoms with Crippen LogP contribution in [0.3, 0.4) is 0 Å². The first-order valence-corrected chi connectivity index (χ1v) is 5.47. The lowest BCUT2D eigenvalue weighted by molar-refractivity contribution is -0.384. The zero-order valence-electron chi connectivity index (χ0n) is 9.57. The molecule has 4 N–H and O–H groups in total. The summed E-state index contributed by atoms with van der Waals surface area (Å²) >= 11 is 0. The molecule has 1 aliphatic heterocycles. The molecule has 18 heavy (non-hydrogen) atoms. The summed E-state index contributed by atoms with van der Waals surface area (Å²) in [6, 6.07) is 2.09. The number of carbonyl (C=O) groups excluding carboxylic acids is 1. The first-order chi connectivity index (χ1) is 8.50. The highest BCUT2D eigenvalue weighted by Crippen LogP contribution is 2.32. The van der Waals surface area contributed by atoms with E-state index in [1.807, 2.05) is 0 Å². The van der Waals surface area contributed by atoms with Crippen LogP contribution >= 0.6 is 0 Å². The standard InChI is InChI=1S/C10H13N5O3/c11-8-4-3-7(15(17)18)10(13-8)14-5-1-2-6(14)9(12)16/h3-4,6H,1-2,5H2,(H2,11,13)(H2,12,16). The van der Waals surface area contributed by atoms with Gasteiger partial charge in [-0.15, -0.1) is 0 Å². The van der Waals surface area contributed by atoms with Crippen molar-refractivity contribution in [2.45, 2.75) is 18.9 Å². The molecule has 0 saturated carbocycles. The molecule has 1 amide bonds. The number of aromatic nitrogens is 1. The third-order valence-corrected chi connectivity index (χ3v) is 2.93. The predicted octanol–water partition coefficient (Wildman–Crippen LogP) is 0.0261. The SMILES string of the molecule is NC(=O)C1CCCN1c1nc(N)ccc1[N+](=O)[O-]. The van der Waals surface area contributed by atoms with E-state index in [-0.39, 0.29) is 17.3 Å². The Morgan fingerprint density at radius 1 is 1.56 bits per heavy atom. The number of nitrogens with zero attached hydrogens (tertiary/aromatic N) is 3. The molecular formula is C10H13N5O3. The lowest BCUT2D eigenvalue weighted by Gasteiger charge is -2.22. The fourth-order valence-corrected chi connectivity index (χ4v) is 2.13. The van der Waals surface area contributed by atoms with E-state index in [1.165, 1.54) is 12.1 Å². The van der Waals surface area contributed by atoms with Gasteiger partial charge in [0.1, 0.15) is 11.9 Å². The number of nitrogens with two attached hydrogens (primary N) is 2. The maximum absolute atomic E-state index is 11.3. The summed E-state index contributed by atoms with van der Waals surface area (Å²) in [6.07, 6.45) is 1.31. The number of nitrogen functional groups attached to an aromatic ring is 1. The number of anilines is 2. The zero-order valence-corrected chi connectivity index (χ0v) is 9.57. The van der Waals surface area contributed by atoms with Crippen molar-refractivity contribution in [1.82, 2.24) is 4.98 Å². The number of rotatable bonds is 3. The molecule has 8 nitrogen and oxygen atoms in total. The van der Waals surface area contributed by atoms with Gasteiger partial charge in [-0.1, -0.05) is 0 Å². The molecular weight excluding hydrogens is 238 g/mol. The van der Waals surface area contributed by atoms with Crippen molar-refractivity contribution in [1.29, 1.82) is 0 Å². The Balaban J connectivity index is 2.46. The van der Waals surface area contributed by atoms with E-state index in [2.05, 4.69) is 4.98 Å². The Kier molecular flexibility index (Phi) is 3.00. The van der Waals surface area contributed by atoms with Crippen molar-refractivity contribution in [3.8, 4) is 0 Å². The van der Waals surface area contributed by atoms with Gasteiger partial charge in [0.15, 0.2) is 0 Å². The molecule has 2 rings (SSSR count). The molecule has 0 aliphatic carbocycles. The van der Waals surface area contributed by atoms with Gasteiger partial charge in [0.05, 0.1) is 4.92 Å². The summed E-state index contributed by atoms with van der Waals surface area (Å²) in [5.74, 6) is -0.224. The third-order valence-electron chi connectivity index (χ3n) is 2.93. The fourth-order valence-electron chi connectivity index (χ4n) is 2.13. The molecule has 2 heterocycles. The van der Waals surface area contributed by atoms with Crippen LogP contribution in [0.5, 0.6) is 0 Å². The van der Waals surface area contributed by atoms with E-state index in [1.54, 1.807) is 4.90 Å². The third kappa shape index (κ3) is 2.04. The molecule has 96 valence electrons. The molecule has 1 aromatic rings. The summed E-state index contributed by atoms with van der Waals surface area (Å²) in [6.45, 7) is 0.505. The van der Waals surface area contributed by atoms with Crippen LogP contribution in [-0.2, 0) is 4.79 Å². The molecule has 1 aliphatic rings. The van der Waals surface area contributed by atoms with Crippen LogP contribution < -0.4 is 16.4 Å². The van der Waals surface area contributed by atoms with Gasteiger partial charge in [-0.05, 0) is 18.9 Å². The van der Waals surface area contributed by atoms with E-state index in [0.717, 1.165) is 6.42 Å². The summed E-state index contributed by atoms with van der Waals surface area (Å²) < 4.78 is 0. The molecule has 1 atom stereocenters. The molecule has 1 unspecified atom stereocenters. The van der Waals surface area contributed by atoms with Crippen LogP contribution in [0.2, 0.25) is 0 Å². The molecule has 1 saturated heterocycles. The number of amides is 1. The molecule has 1 fully saturated rings. The highest BCUT2D eigenvalue weighted by atomic mass is 16.6. The molecule has 1 aromatic heterocycles. The van der Waals surface area contributed by atoms with Gasteiger partial charge in [-0.2, -0.15) is 0 Å². The topological polar surface area (TPSA) is 128 Å². The van der Waals surface area contributed by atoms with Crippen LogP contribution in [0.4, 0.5) is 17.3 Å². The summed E-state index contributed by atoms with van der Waals surface area (Å²) in [4.78, 5) is 27.2. The molecule has 8 heteroatoms. The Morgan fingerprint density at radius 2 is 2.28 bits per heavy atom. The minimum atomic E-state index is -0.557. The minimum absolute atomic E-state index is 0.112. The largest absolute Gasteiger partial charge is 0.384 e. The summed E-state index contributed by atoms with van der Waals surface area (Å²) in [7, 11) is 0.